The van der Waals surface area contributed by atoms with E-state index in [9.17, 15) is 13.6 Å². The van der Waals surface area contributed by atoms with Crippen molar-refractivity contribution in [1.82, 2.24) is 15.0 Å². The number of H-pyrrole nitrogens is 1. The van der Waals surface area contributed by atoms with Crippen LogP contribution in [0.25, 0.3) is 11.0 Å². The molecule has 2 heterocycles. The number of rotatable bonds is 3. The Morgan fingerprint density at radius 3 is 2.90 bits per heavy atom. The van der Waals surface area contributed by atoms with Crippen molar-refractivity contribution in [2.75, 3.05) is 5.32 Å². The van der Waals surface area contributed by atoms with Crippen LogP contribution >= 0.6 is 0 Å². The quantitative estimate of drug-likeness (QED) is 0.775. The first-order chi connectivity index (χ1) is 10.1. The van der Waals surface area contributed by atoms with Crippen LogP contribution in [0, 0.1) is 11.6 Å². The average molecular weight is 288 g/mol. The van der Waals surface area contributed by atoms with E-state index in [0.29, 0.717) is 16.9 Å². The summed E-state index contributed by atoms with van der Waals surface area (Å²) in [7, 11) is 0. The second-order valence-corrected chi connectivity index (χ2v) is 4.38. The summed E-state index contributed by atoms with van der Waals surface area (Å²) in [5.74, 6) is -1.000. The van der Waals surface area contributed by atoms with Crippen LogP contribution in [-0.2, 0) is 6.54 Å². The predicted octanol–water partition coefficient (Wildman–Crippen LogP) is 2.21. The summed E-state index contributed by atoms with van der Waals surface area (Å²) in [6, 6.07) is 6.75. The normalized spacial score (nSPS) is 10.8. The van der Waals surface area contributed by atoms with E-state index in [0.717, 1.165) is 6.07 Å². The molecule has 21 heavy (non-hydrogen) atoms. The van der Waals surface area contributed by atoms with E-state index in [1.807, 2.05) is 0 Å². The monoisotopic (exact) mass is 288 g/mol. The highest BCUT2D eigenvalue weighted by Crippen LogP contribution is 2.17. The van der Waals surface area contributed by atoms with Gasteiger partial charge in [0.1, 0.15) is 23.1 Å². The minimum atomic E-state index is -0.658. The van der Waals surface area contributed by atoms with Gasteiger partial charge in [-0.15, -0.1) is 0 Å². The molecule has 0 aliphatic rings. The summed E-state index contributed by atoms with van der Waals surface area (Å²) < 4.78 is 26.4. The third-order valence-corrected chi connectivity index (χ3v) is 2.96. The van der Waals surface area contributed by atoms with E-state index in [4.69, 9.17) is 0 Å². The highest BCUT2D eigenvalue weighted by atomic mass is 19.1. The van der Waals surface area contributed by atoms with Crippen LogP contribution in [0.2, 0.25) is 0 Å². The smallest absolute Gasteiger partial charge is 0.348 e. The second kappa shape index (κ2) is 5.28. The molecule has 0 bridgehead atoms. The van der Waals surface area contributed by atoms with Crippen LogP contribution in [0.5, 0.6) is 0 Å². The topological polar surface area (TPSA) is 70.7 Å². The number of hydrogen-bond donors (Lipinski definition) is 2. The van der Waals surface area contributed by atoms with Crippen molar-refractivity contribution in [3.8, 4) is 0 Å². The fraction of sp³-hybridized carbons (Fsp3) is 0.0714. The number of halogens is 2. The molecule has 0 fully saturated rings. The highest BCUT2D eigenvalue weighted by molar-refractivity contribution is 5.85. The van der Waals surface area contributed by atoms with E-state index in [1.54, 1.807) is 18.3 Å². The van der Waals surface area contributed by atoms with E-state index in [2.05, 4.69) is 20.3 Å². The van der Waals surface area contributed by atoms with Crippen molar-refractivity contribution in [3.05, 3.63) is 64.2 Å². The SMILES string of the molecule is O=c1nc(NCc2ccc(F)cc2F)c2cccnc2[nH]1. The molecular weight excluding hydrogens is 278 g/mol. The Bertz CT molecular complexity index is 863. The van der Waals surface area contributed by atoms with Crippen LogP contribution < -0.4 is 11.0 Å². The molecule has 5 nitrogen and oxygen atoms in total. The summed E-state index contributed by atoms with van der Waals surface area (Å²) >= 11 is 0. The Balaban J connectivity index is 1.93. The maximum atomic E-state index is 13.6. The van der Waals surface area contributed by atoms with Gasteiger partial charge < -0.3 is 5.32 Å². The molecule has 0 atom stereocenters. The number of pyridine rings is 1. The zero-order chi connectivity index (χ0) is 14.8. The lowest BCUT2D eigenvalue weighted by atomic mass is 10.2. The molecule has 1 aromatic carbocycles. The maximum Gasteiger partial charge on any atom is 0.348 e. The van der Waals surface area contributed by atoms with Crippen molar-refractivity contribution in [2.45, 2.75) is 6.54 Å². The van der Waals surface area contributed by atoms with Crippen molar-refractivity contribution in [3.63, 3.8) is 0 Å². The van der Waals surface area contributed by atoms with Gasteiger partial charge in [0, 0.05) is 24.4 Å². The molecule has 0 spiro atoms. The number of anilines is 1. The maximum absolute atomic E-state index is 13.6. The molecule has 0 saturated heterocycles. The first-order valence-corrected chi connectivity index (χ1v) is 6.16. The van der Waals surface area contributed by atoms with Gasteiger partial charge in [-0.05, 0) is 18.2 Å². The Kier molecular flexibility index (Phi) is 3.31. The van der Waals surface area contributed by atoms with E-state index in [1.165, 1.54) is 12.1 Å². The first-order valence-electron chi connectivity index (χ1n) is 6.16. The molecule has 0 aliphatic carbocycles. The van der Waals surface area contributed by atoms with Gasteiger partial charge in [-0.2, -0.15) is 4.98 Å². The van der Waals surface area contributed by atoms with Crippen molar-refractivity contribution < 1.29 is 8.78 Å². The molecule has 3 rings (SSSR count). The lowest BCUT2D eigenvalue weighted by molar-refractivity contribution is 0.574. The molecular formula is C14H10F2N4O. The summed E-state index contributed by atoms with van der Waals surface area (Å²) in [6.45, 7) is 0.0760. The number of hydrogen-bond acceptors (Lipinski definition) is 4. The van der Waals surface area contributed by atoms with E-state index in [-0.39, 0.29) is 12.1 Å². The largest absolute Gasteiger partial charge is 0.365 e. The Labute approximate surface area is 117 Å². The van der Waals surface area contributed by atoms with Gasteiger partial charge in [-0.25, -0.2) is 18.6 Å². The Morgan fingerprint density at radius 1 is 1.24 bits per heavy atom. The van der Waals surface area contributed by atoms with Gasteiger partial charge in [-0.1, -0.05) is 6.07 Å². The second-order valence-electron chi connectivity index (χ2n) is 4.38. The standard InChI is InChI=1S/C14H10F2N4O/c15-9-4-3-8(11(16)6-9)7-18-13-10-2-1-5-17-12(10)19-14(21)20-13/h1-6H,7H2,(H2,17,18,19,20,21). The lowest BCUT2D eigenvalue weighted by Gasteiger charge is -2.08. The van der Waals surface area contributed by atoms with Gasteiger partial charge in [-0.3, -0.25) is 4.98 Å². The van der Waals surface area contributed by atoms with Crippen molar-refractivity contribution >= 4 is 16.9 Å². The van der Waals surface area contributed by atoms with Crippen LogP contribution in [0.15, 0.2) is 41.3 Å². The number of fused-ring (bicyclic) bond motifs is 1. The molecule has 106 valence electrons. The highest BCUT2D eigenvalue weighted by Gasteiger charge is 2.08. The summed E-state index contributed by atoms with van der Waals surface area (Å²) in [6.07, 6.45) is 1.54. The van der Waals surface area contributed by atoms with Crippen LogP contribution in [0.3, 0.4) is 0 Å². The number of nitrogens with zero attached hydrogens (tertiary/aromatic N) is 2. The molecule has 2 N–H and O–H groups in total. The minimum absolute atomic E-state index is 0.0760. The number of nitrogens with one attached hydrogen (secondary N) is 2. The zero-order valence-corrected chi connectivity index (χ0v) is 10.7. The number of aromatic nitrogens is 3. The van der Waals surface area contributed by atoms with Gasteiger partial charge >= 0.3 is 5.69 Å². The van der Waals surface area contributed by atoms with Gasteiger partial charge in [0.2, 0.25) is 0 Å². The van der Waals surface area contributed by atoms with Crippen molar-refractivity contribution in [1.29, 1.82) is 0 Å². The van der Waals surface area contributed by atoms with Gasteiger partial charge in [0.25, 0.3) is 0 Å². The summed E-state index contributed by atoms with van der Waals surface area (Å²) in [5.41, 5.74) is 0.110. The molecule has 0 saturated carbocycles. The minimum Gasteiger partial charge on any atom is -0.365 e. The van der Waals surface area contributed by atoms with Crippen LogP contribution in [0.1, 0.15) is 5.56 Å². The van der Waals surface area contributed by atoms with Crippen LogP contribution in [0.4, 0.5) is 14.6 Å². The summed E-state index contributed by atoms with van der Waals surface area (Å²) in [4.78, 5) is 21.8. The molecule has 0 aliphatic heterocycles. The fourth-order valence-corrected chi connectivity index (χ4v) is 1.97. The molecule has 0 unspecified atom stereocenters. The third kappa shape index (κ3) is 2.71. The Hall–Kier alpha value is -2.83. The number of benzene rings is 1. The predicted molar refractivity (Wildman–Crippen MR) is 73.8 cm³/mol. The molecule has 0 amide bonds. The van der Waals surface area contributed by atoms with Crippen molar-refractivity contribution in [2.24, 2.45) is 0 Å². The molecule has 2 aromatic heterocycles. The lowest BCUT2D eigenvalue weighted by Crippen LogP contribution is -2.15. The first kappa shape index (κ1) is 13.2. The van der Waals surface area contributed by atoms with Gasteiger partial charge in [0.15, 0.2) is 0 Å². The molecule has 7 heteroatoms. The summed E-state index contributed by atoms with van der Waals surface area (Å²) in [5, 5.41) is 3.48. The zero-order valence-electron chi connectivity index (χ0n) is 10.7. The average Bonchev–Trinajstić information content (AvgIpc) is 2.46. The number of aromatic amines is 1. The fourth-order valence-electron chi connectivity index (χ4n) is 1.97. The third-order valence-electron chi connectivity index (χ3n) is 2.96. The molecule has 0 radical (unpaired) electrons. The molecule has 3 aromatic rings. The van der Waals surface area contributed by atoms with Gasteiger partial charge in [0.05, 0.1) is 5.39 Å². The van der Waals surface area contributed by atoms with E-state index < -0.39 is 17.3 Å². The van der Waals surface area contributed by atoms with Crippen LogP contribution in [-0.4, -0.2) is 15.0 Å². The Morgan fingerprint density at radius 2 is 2.10 bits per heavy atom. The van der Waals surface area contributed by atoms with E-state index >= 15 is 0 Å².